The van der Waals surface area contributed by atoms with Gasteiger partial charge in [0.25, 0.3) is 0 Å². The highest BCUT2D eigenvalue weighted by molar-refractivity contribution is 7.80. The fourth-order valence-electron chi connectivity index (χ4n) is 3.21. The molecule has 0 atom stereocenters. The maximum atomic E-state index is 12.9. The molecule has 1 aromatic heterocycles. The molecule has 5 nitrogen and oxygen atoms in total. The van der Waals surface area contributed by atoms with Crippen LogP contribution in [-0.4, -0.2) is 34.7 Å². The quantitative estimate of drug-likeness (QED) is 0.405. The summed E-state index contributed by atoms with van der Waals surface area (Å²) in [5, 5.41) is 7.03. The van der Waals surface area contributed by atoms with E-state index in [2.05, 4.69) is 25.5 Å². The largest absolute Gasteiger partial charge is 0.362 e. The van der Waals surface area contributed by atoms with Gasteiger partial charge in [-0.05, 0) is 55.6 Å². The van der Waals surface area contributed by atoms with Crippen LogP contribution in [0.5, 0.6) is 0 Å². The number of halogens is 2. The Balaban J connectivity index is 1.48. The molecule has 1 aromatic carbocycles. The Bertz CT molecular complexity index is 779. The molecule has 0 aliphatic carbocycles. The first-order valence-corrected chi connectivity index (χ1v) is 10.5. The number of thiocarbonyl (C=S) groups is 1. The summed E-state index contributed by atoms with van der Waals surface area (Å²) in [6.07, 6.45) is 6.57. The highest BCUT2D eigenvalue weighted by Crippen LogP contribution is 2.21. The van der Waals surface area contributed by atoms with Gasteiger partial charge < -0.3 is 15.5 Å². The molecule has 0 amide bonds. The predicted molar refractivity (Wildman–Crippen MR) is 117 cm³/mol. The van der Waals surface area contributed by atoms with Gasteiger partial charge >= 0.3 is 0 Å². The van der Waals surface area contributed by atoms with Crippen LogP contribution < -0.4 is 15.5 Å². The molecule has 0 saturated carbocycles. The summed E-state index contributed by atoms with van der Waals surface area (Å²) in [6, 6.07) is 8.37. The number of nitrogens with one attached hydrogen (secondary N) is 2. The molecule has 1 aliphatic rings. The molecule has 2 heterocycles. The van der Waals surface area contributed by atoms with Gasteiger partial charge in [-0.25, -0.2) is 9.37 Å². The summed E-state index contributed by atoms with van der Waals surface area (Å²) in [5.74, 6) is 1.03. The Morgan fingerprint density at radius 2 is 1.82 bits per heavy atom. The average Bonchev–Trinajstić information content (AvgIpc) is 2.96. The third-order valence-corrected chi connectivity index (χ3v) is 5.12. The number of hydrogen-bond donors (Lipinski definition) is 2. The highest BCUT2D eigenvalue weighted by atomic mass is 35.5. The van der Waals surface area contributed by atoms with Crippen molar-refractivity contribution in [1.29, 1.82) is 0 Å². The van der Waals surface area contributed by atoms with E-state index in [1.807, 2.05) is 0 Å². The number of nitrogens with zero attached hydrogens (tertiary/aromatic N) is 3. The molecule has 1 saturated heterocycles. The minimum Gasteiger partial charge on any atom is -0.362 e. The number of benzene rings is 1. The molecule has 3 rings (SSSR count). The van der Waals surface area contributed by atoms with Gasteiger partial charge in [0.15, 0.2) is 5.11 Å². The molecule has 0 spiro atoms. The molecule has 0 bridgehead atoms. The Labute approximate surface area is 175 Å². The van der Waals surface area contributed by atoms with Crippen molar-refractivity contribution >= 4 is 40.7 Å². The van der Waals surface area contributed by atoms with Gasteiger partial charge in [0.2, 0.25) is 5.95 Å². The lowest BCUT2D eigenvalue weighted by Gasteiger charge is -2.22. The maximum Gasteiger partial charge on any atom is 0.232 e. The SMILES string of the molecule is Fc1ccc(CCCNC(=S)Nc2nc(Cl)cc(N3CCCCCC3)n2)cc1. The Kier molecular flexibility index (Phi) is 7.80. The molecule has 1 fully saturated rings. The first-order valence-electron chi connectivity index (χ1n) is 9.69. The van der Waals surface area contributed by atoms with Crippen molar-refractivity contribution in [3.05, 3.63) is 46.9 Å². The van der Waals surface area contributed by atoms with Crippen LogP contribution >= 0.6 is 23.8 Å². The van der Waals surface area contributed by atoms with Gasteiger partial charge in [-0.2, -0.15) is 4.98 Å². The fraction of sp³-hybridized carbons (Fsp3) is 0.450. The third kappa shape index (κ3) is 6.56. The molecular weight excluding hydrogens is 397 g/mol. The number of anilines is 2. The molecule has 0 radical (unpaired) electrons. The lowest BCUT2D eigenvalue weighted by atomic mass is 10.1. The van der Waals surface area contributed by atoms with Gasteiger partial charge in [-0.15, -0.1) is 0 Å². The lowest BCUT2D eigenvalue weighted by molar-refractivity contribution is 0.626. The van der Waals surface area contributed by atoms with Crippen LogP contribution in [0.15, 0.2) is 30.3 Å². The zero-order valence-corrected chi connectivity index (χ0v) is 17.3. The van der Waals surface area contributed by atoms with Crippen LogP contribution in [-0.2, 0) is 6.42 Å². The molecule has 2 aromatic rings. The Hall–Kier alpha value is -1.99. The number of aryl methyl sites for hydroxylation is 1. The van der Waals surface area contributed by atoms with Crippen molar-refractivity contribution < 1.29 is 4.39 Å². The molecule has 150 valence electrons. The van der Waals surface area contributed by atoms with E-state index in [1.54, 1.807) is 18.2 Å². The second-order valence-corrected chi connectivity index (χ2v) is 7.68. The van der Waals surface area contributed by atoms with E-state index in [4.69, 9.17) is 23.8 Å². The number of rotatable bonds is 6. The monoisotopic (exact) mass is 421 g/mol. The van der Waals surface area contributed by atoms with Crippen molar-refractivity contribution in [3.8, 4) is 0 Å². The second kappa shape index (κ2) is 10.5. The van der Waals surface area contributed by atoms with Crippen LogP contribution in [0, 0.1) is 5.82 Å². The van der Waals surface area contributed by atoms with E-state index in [1.165, 1.54) is 37.8 Å². The fourth-order valence-corrected chi connectivity index (χ4v) is 3.59. The Morgan fingerprint density at radius 1 is 1.11 bits per heavy atom. The Morgan fingerprint density at radius 3 is 2.54 bits per heavy atom. The minimum absolute atomic E-state index is 0.215. The first kappa shape index (κ1) is 20.7. The van der Waals surface area contributed by atoms with Crippen molar-refractivity contribution in [3.63, 3.8) is 0 Å². The predicted octanol–water partition coefficient (Wildman–Crippen LogP) is 4.57. The van der Waals surface area contributed by atoms with Crippen LogP contribution in [0.3, 0.4) is 0 Å². The van der Waals surface area contributed by atoms with E-state index in [0.717, 1.165) is 37.3 Å². The molecule has 28 heavy (non-hydrogen) atoms. The van der Waals surface area contributed by atoms with Crippen molar-refractivity contribution in [2.24, 2.45) is 0 Å². The highest BCUT2D eigenvalue weighted by Gasteiger charge is 2.14. The third-order valence-electron chi connectivity index (χ3n) is 4.68. The van der Waals surface area contributed by atoms with Crippen molar-refractivity contribution in [2.75, 3.05) is 29.9 Å². The van der Waals surface area contributed by atoms with Crippen molar-refractivity contribution in [2.45, 2.75) is 38.5 Å². The molecule has 8 heteroatoms. The minimum atomic E-state index is -0.215. The summed E-state index contributed by atoms with van der Waals surface area (Å²) >= 11 is 11.5. The number of aromatic nitrogens is 2. The van der Waals surface area contributed by atoms with Crippen LogP contribution in [0.1, 0.15) is 37.7 Å². The average molecular weight is 422 g/mol. The maximum absolute atomic E-state index is 12.9. The van der Waals surface area contributed by atoms with Gasteiger partial charge in [0.1, 0.15) is 16.8 Å². The van der Waals surface area contributed by atoms with E-state index >= 15 is 0 Å². The zero-order valence-electron chi connectivity index (χ0n) is 15.8. The summed E-state index contributed by atoms with van der Waals surface area (Å²) in [6.45, 7) is 2.67. The molecular formula is C20H25ClFN5S. The van der Waals surface area contributed by atoms with Gasteiger partial charge in [0, 0.05) is 25.7 Å². The van der Waals surface area contributed by atoms with E-state index < -0.39 is 0 Å². The molecule has 2 N–H and O–H groups in total. The lowest BCUT2D eigenvalue weighted by Crippen LogP contribution is -2.31. The standard InChI is InChI=1S/C20H25ClFN5S/c21-17-14-18(27-12-3-1-2-4-13-27)25-19(24-17)26-20(28)23-11-5-6-15-7-9-16(22)10-8-15/h7-10,14H,1-6,11-13H2,(H2,23,24,25,26,28). The topological polar surface area (TPSA) is 53.1 Å². The summed E-state index contributed by atoms with van der Waals surface area (Å²) in [4.78, 5) is 11.1. The normalized spacial score (nSPS) is 14.4. The zero-order chi connectivity index (χ0) is 19.8. The number of hydrogen-bond acceptors (Lipinski definition) is 4. The van der Waals surface area contributed by atoms with Crippen molar-refractivity contribution in [1.82, 2.24) is 15.3 Å². The summed E-state index contributed by atoms with van der Waals surface area (Å²) < 4.78 is 12.9. The molecule has 1 aliphatic heterocycles. The van der Waals surface area contributed by atoms with E-state index in [9.17, 15) is 4.39 Å². The van der Waals surface area contributed by atoms with Crippen LogP contribution in [0.25, 0.3) is 0 Å². The van der Waals surface area contributed by atoms with Gasteiger partial charge in [0.05, 0.1) is 0 Å². The summed E-state index contributed by atoms with van der Waals surface area (Å²) in [5.41, 5.74) is 1.10. The smallest absolute Gasteiger partial charge is 0.232 e. The van der Waals surface area contributed by atoms with Crippen LogP contribution in [0.4, 0.5) is 16.2 Å². The van der Waals surface area contributed by atoms with E-state index in [-0.39, 0.29) is 5.82 Å². The van der Waals surface area contributed by atoms with Crippen LogP contribution in [0.2, 0.25) is 5.15 Å². The first-order chi connectivity index (χ1) is 13.6. The summed E-state index contributed by atoms with van der Waals surface area (Å²) in [7, 11) is 0. The van der Waals surface area contributed by atoms with Gasteiger partial charge in [-0.1, -0.05) is 36.6 Å². The van der Waals surface area contributed by atoms with Gasteiger partial charge in [-0.3, -0.25) is 0 Å². The molecule has 0 unspecified atom stereocenters. The second-order valence-electron chi connectivity index (χ2n) is 6.88. The van der Waals surface area contributed by atoms with E-state index in [0.29, 0.717) is 22.8 Å².